The second kappa shape index (κ2) is 6.03. The molecule has 0 saturated carbocycles. The summed E-state index contributed by atoms with van der Waals surface area (Å²) in [4.78, 5) is 11.9. The maximum Gasteiger partial charge on any atom is 0.172 e. The van der Waals surface area contributed by atoms with Crippen LogP contribution in [0, 0.1) is 0 Å². The minimum atomic E-state index is -0.428. The molecule has 0 fully saturated rings. The molecule has 0 radical (unpaired) electrons. The van der Waals surface area contributed by atoms with Crippen molar-refractivity contribution >= 4 is 39.0 Å². The average molecular weight is 371 g/mol. The predicted octanol–water partition coefficient (Wildman–Crippen LogP) is 2.55. The summed E-state index contributed by atoms with van der Waals surface area (Å²) >= 11 is 8.51. The van der Waals surface area contributed by atoms with Crippen molar-refractivity contribution in [2.45, 2.75) is 19.9 Å². The van der Waals surface area contributed by atoms with E-state index in [4.69, 9.17) is 17.0 Å². The number of allylic oxidation sites excluding steroid dienone is 1. The summed E-state index contributed by atoms with van der Waals surface area (Å²) in [6.07, 6.45) is 0. The molecule has 0 aromatic heterocycles. The smallest absolute Gasteiger partial charge is 0.172 e. The molecule has 0 aliphatic carbocycles. The van der Waals surface area contributed by atoms with Crippen molar-refractivity contribution in [2.75, 3.05) is 7.11 Å². The lowest BCUT2D eigenvalue weighted by Crippen LogP contribution is -2.44. The lowest BCUT2D eigenvalue weighted by Gasteiger charge is -2.30. The molecule has 21 heavy (non-hydrogen) atoms. The molecule has 1 heterocycles. The SMILES string of the molecule is COc1ccc(C2NC(=S)NC(C)=C2C(C)=O)c(Br)c1O. The molecule has 0 saturated heterocycles. The number of Topliss-reactive ketones (excluding diaryl/α,β-unsaturated/α-hetero) is 1. The van der Waals surface area contributed by atoms with Crippen molar-refractivity contribution in [3.63, 3.8) is 0 Å². The van der Waals surface area contributed by atoms with Gasteiger partial charge < -0.3 is 20.5 Å². The first-order valence-corrected chi connectivity index (χ1v) is 7.41. The van der Waals surface area contributed by atoms with Gasteiger partial charge >= 0.3 is 0 Å². The van der Waals surface area contributed by atoms with Crippen LogP contribution < -0.4 is 15.4 Å². The van der Waals surface area contributed by atoms with Crippen LogP contribution in [0.25, 0.3) is 0 Å². The van der Waals surface area contributed by atoms with Gasteiger partial charge in [0, 0.05) is 11.3 Å². The molecular weight excluding hydrogens is 356 g/mol. The number of ether oxygens (including phenoxy) is 1. The zero-order valence-corrected chi connectivity index (χ0v) is 14.2. The van der Waals surface area contributed by atoms with Crippen LogP contribution in [0.5, 0.6) is 11.5 Å². The largest absolute Gasteiger partial charge is 0.503 e. The molecule has 1 atom stereocenters. The van der Waals surface area contributed by atoms with Gasteiger partial charge in [-0.3, -0.25) is 4.79 Å². The van der Waals surface area contributed by atoms with E-state index in [1.165, 1.54) is 14.0 Å². The Morgan fingerprint density at radius 3 is 2.71 bits per heavy atom. The van der Waals surface area contributed by atoms with E-state index in [1.54, 1.807) is 19.1 Å². The fraction of sp³-hybridized carbons (Fsp3) is 0.286. The quantitative estimate of drug-likeness (QED) is 0.710. The number of nitrogens with one attached hydrogen (secondary N) is 2. The van der Waals surface area contributed by atoms with Crippen LogP contribution in [-0.4, -0.2) is 23.1 Å². The van der Waals surface area contributed by atoms with E-state index in [9.17, 15) is 9.90 Å². The molecule has 1 aliphatic rings. The molecule has 1 aliphatic heterocycles. The van der Waals surface area contributed by atoms with E-state index < -0.39 is 6.04 Å². The summed E-state index contributed by atoms with van der Waals surface area (Å²) in [7, 11) is 1.48. The van der Waals surface area contributed by atoms with Gasteiger partial charge in [-0.25, -0.2) is 0 Å². The normalized spacial score (nSPS) is 18.1. The highest BCUT2D eigenvalue weighted by atomic mass is 79.9. The van der Waals surface area contributed by atoms with Gasteiger partial charge in [-0.1, -0.05) is 6.07 Å². The van der Waals surface area contributed by atoms with Crippen molar-refractivity contribution in [3.8, 4) is 11.5 Å². The van der Waals surface area contributed by atoms with Gasteiger partial charge in [0.05, 0.1) is 17.6 Å². The summed E-state index contributed by atoms with van der Waals surface area (Å²) < 4.78 is 5.54. The first kappa shape index (κ1) is 15.8. The standard InChI is InChI=1S/C14H15BrN2O3S/c1-6-10(7(2)18)12(17-14(21)16-6)8-4-5-9(20-3)13(19)11(8)15/h4-5,12,19H,1-3H3,(H2,16,17,21). The average Bonchev–Trinajstić information content (AvgIpc) is 2.40. The maximum absolute atomic E-state index is 11.9. The van der Waals surface area contributed by atoms with Crippen molar-refractivity contribution in [1.29, 1.82) is 0 Å². The number of halogens is 1. The highest BCUT2D eigenvalue weighted by Gasteiger charge is 2.30. The number of benzene rings is 1. The number of hydrogen-bond acceptors (Lipinski definition) is 4. The number of thiocarbonyl (C=S) groups is 1. The van der Waals surface area contributed by atoms with Gasteiger partial charge in [0.2, 0.25) is 0 Å². The fourth-order valence-corrected chi connectivity index (χ4v) is 3.17. The molecule has 112 valence electrons. The van der Waals surface area contributed by atoms with Crippen LogP contribution in [0.1, 0.15) is 25.5 Å². The lowest BCUT2D eigenvalue weighted by atomic mass is 9.93. The lowest BCUT2D eigenvalue weighted by molar-refractivity contribution is -0.114. The Morgan fingerprint density at radius 1 is 1.48 bits per heavy atom. The Bertz CT molecular complexity index is 658. The maximum atomic E-state index is 11.9. The van der Waals surface area contributed by atoms with E-state index in [1.807, 2.05) is 0 Å². The molecule has 0 amide bonds. The minimum Gasteiger partial charge on any atom is -0.503 e. The monoisotopic (exact) mass is 370 g/mol. The van der Waals surface area contributed by atoms with Crippen LogP contribution in [0.3, 0.4) is 0 Å². The summed E-state index contributed by atoms with van der Waals surface area (Å²) in [6, 6.07) is 3.00. The molecule has 2 rings (SSSR count). The van der Waals surface area contributed by atoms with Crippen LogP contribution in [-0.2, 0) is 4.79 Å². The van der Waals surface area contributed by atoms with Crippen LogP contribution in [0.4, 0.5) is 0 Å². The number of phenols is 1. The van der Waals surface area contributed by atoms with Gasteiger partial charge in [-0.05, 0) is 53.6 Å². The van der Waals surface area contributed by atoms with Crippen molar-refractivity contribution < 1.29 is 14.6 Å². The van der Waals surface area contributed by atoms with Gasteiger partial charge in [-0.15, -0.1) is 0 Å². The second-order valence-corrected chi connectivity index (χ2v) is 5.85. The van der Waals surface area contributed by atoms with Crippen LogP contribution in [0.2, 0.25) is 0 Å². The molecule has 3 N–H and O–H groups in total. The van der Waals surface area contributed by atoms with Crippen LogP contribution in [0.15, 0.2) is 27.9 Å². The number of carbonyl (C=O) groups excluding carboxylic acids is 1. The molecule has 0 spiro atoms. The van der Waals surface area contributed by atoms with E-state index >= 15 is 0 Å². The van der Waals surface area contributed by atoms with Crippen molar-refractivity contribution in [2.24, 2.45) is 0 Å². The summed E-state index contributed by atoms with van der Waals surface area (Å²) in [5.74, 6) is 0.274. The first-order valence-electron chi connectivity index (χ1n) is 6.21. The predicted molar refractivity (Wildman–Crippen MR) is 87.4 cm³/mol. The Kier molecular flexibility index (Phi) is 4.53. The van der Waals surface area contributed by atoms with Crippen LogP contribution >= 0.6 is 28.1 Å². The fourth-order valence-electron chi connectivity index (χ4n) is 2.34. The number of methoxy groups -OCH3 is 1. The van der Waals surface area contributed by atoms with E-state index in [0.717, 1.165) is 0 Å². The number of carbonyl (C=O) groups is 1. The number of aromatic hydroxyl groups is 1. The Hall–Kier alpha value is -1.60. The third-order valence-electron chi connectivity index (χ3n) is 3.29. The zero-order chi connectivity index (χ0) is 15.7. The number of hydrogen-bond donors (Lipinski definition) is 3. The Labute approximate surface area is 136 Å². The zero-order valence-electron chi connectivity index (χ0n) is 11.8. The number of rotatable bonds is 3. The first-order chi connectivity index (χ1) is 9.86. The van der Waals surface area contributed by atoms with Gasteiger partial charge in [-0.2, -0.15) is 0 Å². The summed E-state index contributed by atoms with van der Waals surface area (Å²) in [5, 5.41) is 16.6. The third-order valence-corrected chi connectivity index (χ3v) is 4.34. The summed E-state index contributed by atoms with van der Waals surface area (Å²) in [6.45, 7) is 3.30. The van der Waals surface area contributed by atoms with E-state index in [-0.39, 0.29) is 11.5 Å². The third kappa shape index (κ3) is 2.89. The minimum absolute atomic E-state index is 0.0122. The van der Waals surface area contributed by atoms with E-state index in [2.05, 4.69) is 26.6 Å². The highest BCUT2D eigenvalue weighted by Crippen LogP contribution is 2.41. The molecular formula is C14H15BrN2O3S. The number of phenolic OH excluding ortho intramolecular Hbond substituents is 1. The molecule has 7 heteroatoms. The molecule has 5 nitrogen and oxygen atoms in total. The summed E-state index contributed by atoms with van der Waals surface area (Å²) in [5.41, 5.74) is 1.99. The Balaban J connectivity index is 2.59. The van der Waals surface area contributed by atoms with Gasteiger partial charge in [0.1, 0.15) is 0 Å². The molecule has 0 bridgehead atoms. The topological polar surface area (TPSA) is 70.6 Å². The van der Waals surface area contributed by atoms with Crippen molar-refractivity contribution in [3.05, 3.63) is 33.4 Å². The molecule has 1 aromatic rings. The van der Waals surface area contributed by atoms with Crippen molar-refractivity contribution in [1.82, 2.24) is 10.6 Å². The van der Waals surface area contributed by atoms with Gasteiger partial charge in [0.25, 0.3) is 0 Å². The second-order valence-electron chi connectivity index (χ2n) is 4.65. The molecule has 1 unspecified atom stereocenters. The Morgan fingerprint density at radius 2 is 2.14 bits per heavy atom. The molecule has 1 aromatic carbocycles. The highest BCUT2D eigenvalue weighted by molar-refractivity contribution is 9.10. The number of ketones is 1. The van der Waals surface area contributed by atoms with E-state index in [0.29, 0.717) is 32.2 Å². The van der Waals surface area contributed by atoms with Gasteiger partial charge in [0.15, 0.2) is 22.4 Å².